The zero-order chi connectivity index (χ0) is 9.28. The van der Waals surface area contributed by atoms with Crippen molar-refractivity contribution in [1.29, 1.82) is 0 Å². The van der Waals surface area contributed by atoms with E-state index in [1.54, 1.807) is 0 Å². The quantitative estimate of drug-likeness (QED) is 0.521. The third-order valence-corrected chi connectivity index (χ3v) is 1.50. The summed E-state index contributed by atoms with van der Waals surface area (Å²) < 4.78 is 0. The van der Waals surface area contributed by atoms with Gasteiger partial charge in [-0.1, -0.05) is 34.3 Å². The fourth-order valence-electron chi connectivity index (χ4n) is 0.869. The fraction of sp³-hybridized carbons (Fsp3) is 0.800. The van der Waals surface area contributed by atoms with Gasteiger partial charge in [0.25, 0.3) is 0 Å². The van der Waals surface area contributed by atoms with E-state index >= 15 is 0 Å². The number of hydrogen-bond acceptors (Lipinski definition) is 1. The average molecular weight is 157 g/mol. The predicted octanol–water partition coefficient (Wildman–Crippen LogP) is 3.28. The van der Waals surface area contributed by atoms with E-state index in [1.807, 2.05) is 27.7 Å². The number of rotatable bonds is 0. The fourth-order valence-corrected chi connectivity index (χ4v) is 0.869. The Balaban J connectivity index is 0. The van der Waals surface area contributed by atoms with Gasteiger partial charge >= 0.3 is 0 Å². The molecule has 1 rings (SSSR count). The third kappa shape index (κ3) is 5.96. The van der Waals surface area contributed by atoms with E-state index in [9.17, 15) is 0 Å². The summed E-state index contributed by atoms with van der Waals surface area (Å²) in [6, 6.07) is 0. The molecule has 0 aliphatic carbocycles. The molecule has 0 aromatic carbocycles. The van der Waals surface area contributed by atoms with Crippen LogP contribution in [0.5, 0.6) is 0 Å². The lowest BCUT2D eigenvalue weighted by Gasteiger charge is -2.08. The van der Waals surface area contributed by atoms with Crippen molar-refractivity contribution in [1.82, 2.24) is 4.90 Å². The molecule has 0 spiro atoms. The Hall–Kier alpha value is -0.460. The largest absolute Gasteiger partial charge is 0.378 e. The highest BCUT2D eigenvalue weighted by Crippen LogP contribution is 2.14. The Bertz CT molecular complexity index is 86.9. The smallest absolute Gasteiger partial charge is 0.0175 e. The van der Waals surface area contributed by atoms with Gasteiger partial charge in [-0.25, -0.2) is 0 Å². The highest BCUT2D eigenvalue weighted by Gasteiger charge is 2.07. The average Bonchev–Trinajstić information content (AvgIpc) is 2.44. The minimum Gasteiger partial charge on any atom is -0.378 e. The third-order valence-electron chi connectivity index (χ3n) is 1.50. The van der Waals surface area contributed by atoms with Crippen molar-refractivity contribution in [3.63, 3.8) is 0 Å². The Morgan fingerprint density at radius 3 is 1.73 bits per heavy atom. The van der Waals surface area contributed by atoms with Gasteiger partial charge in [0, 0.05) is 19.3 Å². The number of nitrogens with zero attached hydrogens (tertiary/aromatic N) is 1. The maximum Gasteiger partial charge on any atom is 0.0175 e. The normalized spacial score (nSPS) is 14.6. The van der Waals surface area contributed by atoms with E-state index in [0.717, 1.165) is 0 Å². The molecule has 1 saturated heterocycles. The van der Waals surface area contributed by atoms with E-state index in [0.29, 0.717) is 0 Å². The molecule has 68 valence electrons. The Labute approximate surface area is 72.1 Å². The molecule has 0 N–H and O–H groups in total. The minimum absolute atomic E-state index is 1.20. The molecule has 1 heteroatoms. The molecule has 1 fully saturated rings. The number of allylic oxidation sites excluding steroid dienone is 1. The van der Waals surface area contributed by atoms with Crippen LogP contribution >= 0.6 is 0 Å². The Kier molecular flexibility index (Phi) is 11.4. The molecule has 1 aliphatic rings. The molecule has 0 unspecified atom stereocenters. The molecule has 0 aromatic rings. The lowest BCUT2D eigenvalue weighted by atomic mass is 10.3. The highest BCUT2D eigenvalue weighted by atomic mass is 15.1. The standard InChI is InChI=1S/C6H11N.2C2H6/c1-6-4-3-5-7(6)2;2*1-2/h1,3-5H2,2H3;2*1-2H3. The molecule has 0 aromatic heterocycles. The van der Waals surface area contributed by atoms with Crippen LogP contribution in [0.2, 0.25) is 0 Å². The topological polar surface area (TPSA) is 3.24 Å². The van der Waals surface area contributed by atoms with E-state index in [4.69, 9.17) is 0 Å². The first kappa shape index (κ1) is 13.2. The van der Waals surface area contributed by atoms with Gasteiger partial charge in [0.1, 0.15) is 0 Å². The van der Waals surface area contributed by atoms with Crippen LogP contribution in [0, 0.1) is 0 Å². The first-order chi connectivity index (χ1) is 5.30. The zero-order valence-corrected chi connectivity index (χ0v) is 8.78. The molecule has 0 saturated carbocycles. The molecule has 0 amide bonds. The van der Waals surface area contributed by atoms with Gasteiger partial charge in [-0.3, -0.25) is 0 Å². The van der Waals surface area contributed by atoms with E-state index in [-0.39, 0.29) is 0 Å². The summed E-state index contributed by atoms with van der Waals surface area (Å²) >= 11 is 0. The van der Waals surface area contributed by atoms with Crippen molar-refractivity contribution >= 4 is 0 Å². The Morgan fingerprint density at radius 1 is 1.18 bits per heavy atom. The monoisotopic (exact) mass is 157 g/mol. The van der Waals surface area contributed by atoms with Crippen molar-refractivity contribution in [2.45, 2.75) is 40.5 Å². The summed E-state index contributed by atoms with van der Waals surface area (Å²) in [4.78, 5) is 2.21. The lowest BCUT2D eigenvalue weighted by Crippen LogP contribution is -2.08. The van der Waals surface area contributed by atoms with Crippen LogP contribution in [0.25, 0.3) is 0 Å². The van der Waals surface area contributed by atoms with Gasteiger partial charge < -0.3 is 4.90 Å². The van der Waals surface area contributed by atoms with Crippen molar-refractivity contribution in [3.8, 4) is 0 Å². The zero-order valence-electron chi connectivity index (χ0n) is 8.78. The molecule has 1 nitrogen and oxygen atoms in total. The van der Waals surface area contributed by atoms with Gasteiger partial charge in [0.05, 0.1) is 0 Å². The summed E-state index contributed by atoms with van der Waals surface area (Å²) in [6.45, 7) is 13.1. The van der Waals surface area contributed by atoms with E-state index in [1.165, 1.54) is 25.1 Å². The minimum atomic E-state index is 1.20. The molecule has 0 atom stereocenters. The highest BCUT2D eigenvalue weighted by molar-refractivity contribution is 4.97. The van der Waals surface area contributed by atoms with Crippen molar-refractivity contribution in [2.24, 2.45) is 0 Å². The van der Waals surface area contributed by atoms with Gasteiger partial charge in [0.2, 0.25) is 0 Å². The van der Waals surface area contributed by atoms with E-state index < -0.39 is 0 Å². The van der Waals surface area contributed by atoms with Crippen LogP contribution in [0.1, 0.15) is 40.5 Å². The second-order valence-electron chi connectivity index (χ2n) is 2.09. The molecule has 1 heterocycles. The van der Waals surface area contributed by atoms with Gasteiger partial charge in [-0.05, 0) is 12.8 Å². The summed E-state index contributed by atoms with van der Waals surface area (Å²) in [6.07, 6.45) is 2.51. The van der Waals surface area contributed by atoms with Crippen molar-refractivity contribution in [3.05, 3.63) is 12.3 Å². The summed E-state index contributed by atoms with van der Waals surface area (Å²) in [5.41, 5.74) is 1.29. The van der Waals surface area contributed by atoms with Crippen LogP contribution in [-0.4, -0.2) is 18.5 Å². The van der Waals surface area contributed by atoms with Crippen LogP contribution in [-0.2, 0) is 0 Å². The van der Waals surface area contributed by atoms with Crippen LogP contribution in [0.15, 0.2) is 12.3 Å². The van der Waals surface area contributed by atoms with Crippen LogP contribution in [0.4, 0.5) is 0 Å². The molecular formula is C10H23N. The second kappa shape index (κ2) is 9.54. The summed E-state index contributed by atoms with van der Waals surface area (Å²) in [7, 11) is 2.09. The van der Waals surface area contributed by atoms with E-state index in [2.05, 4.69) is 18.5 Å². The molecular weight excluding hydrogens is 134 g/mol. The Morgan fingerprint density at radius 2 is 1.64 bits per heavy atom. The molecule has 11 heavy (non-hydrogen) atoms. The number of likely N-dealkylation sites (tertiary alicyclic amines) is 1. The molecule has 1 aliphatic heterocycles. The maximum atomic E-state index is 3.86. The van der Waals surface area contributed by atoms with Gasteiger partial charge in [-0.15, -0.1) is 0 Å². The van der Waals surface area contributed by atoms with Gasteiger partial charge in [0.15, 0.2) is 0 Å². The SMILES string of the molecule is C=C1CCCN1C.CC.CC. The van der Waals surface area contributed by atoms with Crippen LogP contribution in [0.3, 0.4) is 0 Å². The molecule has 0 bridgehead atoms. The van der Waals surface area contributed by atoms with Crippen molar-refractivity contribution in [2.75, 3.05) is 13.6 Å². The van der Waals surface area contributed by atoms with Crippen molar-refractivity contribution < 1.29 is 0 Å². The first-order valence-corrected chi connectivity index (χ1v) is 4.69. The summed E-state index contributed by atoms with van der Waals surface area (Å²) in [5.74, 6) is 0. The van der Waals surface area contributed by atoms with Crippen LogP contribution < -0.4 is 0 Å². The maximum absolute atomic E-state index is 3.86. The number of hydrogen-bond donors (Lipinski definition) is 0. The molecule has 0 radical (unpaired) electrons. The first-order valence-electron chi connectivity index (χ1n) is 4.69. The second-order valence-corrected chi connectivity index (χ2v) is 2.09. The summed E-state index contributed by atoms with van der Waals surface area (Å²) in [5, 5.41) is 0. The predicted molar refractivity (Wildman–Crippen MR) is 53.7 cm³/mol. The lowest BCUT2D eigenvalue weighted by molar-refractivity contribution is 0.483. The van der Waals surface area contributed by atoms with Gasteiger partial charge in [-0.2, -0.15) is 0 Å².